The molecule has 1 amide bonds. The second kappa shape index (κ2) is 5.62. The predicted octanol–water partition coefficient (Wildman–Crippen LogP) is 3.73. The highest BCUT2D eigenvalue weighted by atomic mass is 16.4. The minimum Gasteiger partial charge on any atom is -0.408 e. The molecule has 2 aromatic carbocycles. The van der Waals surface area contributed by atoms with Crippen LogP contribution in [0.25, 0.3) is 22.0 Å². The Morgan fingerprint density at radius 1 is 1.00 bits per heavy atom. The number of hydrogen-bond donors (Lipinski definition) is 3. The number of fused-ring (bicyclic) bond motifs is 4. The summed E-state index contributed by atoms with van der Waals surface area (Å²) in [6, 6.07) is 10.8. The molecule has 0 spiro atoms. The van der Waals surface area contributed by atoms with Crippen LogP contribution in [0.5, 0.6) is 0 Å². The number of H-pyrrole nitrogens is 2. The zero-order chi connectivity index (χ0) is 17.7. The van der Waals surface area contributed by atoms with Crippen LogP contribution in [-0.2, 0) is 12.8 Å². The number of carbonyl (C=O) groups is 1. The molecule has 1 aliphatic rings. The van der Waals surface area contributed by atoms with E-state index in [-0.39, 0.29) is 5.91 Å². The van der Waals surface area contributed by atoms with Gasteiger partial charge in [0.25, 0.3) is 5.91 Å². The van der Waals surface area contributed by atoms with Crippen LogP contribution in [0.3, 0.4) is 0 Å². The van der Waals surface area contributed by atoms with Crippen LogP contribution in [0, 0.1) is 0 Å². The van der Waals surface area contributed by atoms with Gasteiger partial charge >= 0.3 is 5.76 Å². The first kappa shape index (κ1) is 15.0. The first-order valence-electron chi connectivity index (χ1n) is 8.75. The van der Waals surface area contributed by atoms with Gasteiger partial charge in [-0.25, -0.2) is 4.79 Å². The van der Waals surface area contributed by atoms with Crippen molar-refractivity contribution in [1.82, 2.24) is 9.97 Å². The first-order chi connectivity index (χ1) is 12.7. The quantitative estimate of drug-likeness (QED) is 0.516. The van der Waals surface area contributed by atoms with Gasteiger partial charge in [-0.15, -0.1) is 0 Å². The lowest BCUT2D eigenvalue weighted by atomic mass is 9.95. The van der Waals surface area contributed by atoms with Crippen LogP contribution in [0.1, 0.15) is 34.5 Å². The van der Waals surface area contributed by atoms with Crippen molar-refractivity contribution in [3.63, 3.8) is 0 Å². The van der Waals surface area contributed by atoms with Gasteiger partial charge in [0.1, 0.15) is 0 Å². The number of aryl methyl sites for hydroxylation is 2. The standard InChI is InChI=1S/C20H17N3O3/c24-19(21-12-6-8-18-17(10-12)23-20(25)26-18)11-5-7-16-14(9-11)13-3-1-2-4-15(13)22-16/h5-10,22H,1-4H2,(H,21,24)(H,23,25). The number of carbonyl (C=O) groups excluding carboxylic acids is 1. The van der Waals surface area contributed by atoms with E-state index in [0.29, 0.717) is 22.4 Å². The van der Waals surface area contributed by atoms with Crippen molar-refractivity contribution in [3.8, 4) is 0 Å². The third-order valence-electron chi connectivity index (χ3n) is 5.04. The average molecular weight is 347 g/mol. The number of anilines is 1. The van der Waals surface area contributed by atoms with E-state index in [1.807, 2.05) is 18.2 Å². The highest BCUT2D eigenvalue weighted by molar-refractivity contribution is 6.07. The molecule has 0 unspecified atom stereocenters. The molecule has 0 aliphatic heterocycles. The van der Waals surface area contributed by atoms with Crippen molar-refractivity contribution in [2.45, 2.75) is 25.7 Å². The number of aromatic amines is 2. The van der Waals surface area contributed by atoms with E-state index >= 15 is 0 Å². The highest BCUT2D eigenvalue weighted by Gasteiger charge is 2.17. The number of rotatable bonds is 2. The Labute approximate surface area is 148 Å². The molecule has 2 heterocycles. The Hall–Kier alpha value is -3.28. The van der Waals surface area contributed by atoms with E-state index in [1.165, 1.54) is 24.1 Å². The maximum absolute atomic E-state index is 12.7. The molecule has 0 saturated heterocycles. The molecule has 0 bridgehead atoms. The lowest BCUT2D eigenvalue weighted by molar-refractivity contribution is 0.102. The van der Waals surface area contributed by atoms with Gasteiger partial charge in [-0.1, -0.05) is 0 Å². The van der Waals surface area contributed by atoms with E-state index in [9.17, 15) is 9.59 Å². The Morgan fingerprint density at radius 3 is 2.81 bits per heavy atom. The molecule has 2 aromatic heterocycles. The van der Waals surface area contributed by atoms with Crippen molar-refractivity contribution in [2.75, 3.05) is 5.32 Å². The largest absolute Gasteiger partial charge is 0.417 e. The van der Waals surface area contributed by atoms with Gasteiger partial charge < -0.3 is 14.7 Å². The van der Waals surface area contributed by atoms with Gasteiger partial charge in [0.15, 0.2) is 5.58 Å². The SMILES string of the molecule is O=C(Nc1ccc2oc(=O)[nH]c2c1)c1ccc2[nH]c3c(c2c1)CCCC3. The van der Waals surface area contributed by atoms with Gasteiger partial charge in [0, 0.05) is 27.8 Å². The van der Waals surface area contributed by atoms with Crippen molar-refractivity contribution >= 4 is 33.6 Å². The van der Waals surface area contributed by atoms with Gasteiger partial charge in [-0.2, -0.15) is 0 Å². The lowest BCUT2D eigenvalue weighted by Gasteiger charge is -2.10. The van der Waals surface area contributed by atoms with Crippen molar-refractivity contribution in [3.05, 3.63) is 63.8 Å². The third kappa shape index (κ3) is 2.42. The molecule has 3 N–H and O–H groups in total. The van der Waals surface area contributed by atoms with Gasteiger partial charge in [0.05, 0.1) is 5.52 Å². The summed E-state index contributed by atoms with van der Waals surface area (Å²) in [6.45, 7) is 0. The third-order valence-corrected chi connectivity index (χ3v) is 5.04. The molecular formula is C20H17N3O3. The Kier molecular flexibility index (Phi) is 3.25. The van der Waals surface area contributed by atoms with Crippen molar-refractivity contribution in [1.29, 1.82) is 0 Å². The van der Waals surface area contributed by atoms with Gasteiger partial charge in [-0.05, 0) is 67.6 Å². The molecule has 6 nitrogen and oxygen atoms in total. The topological polar surface area (TPSA) is 90.9 Å². The zero-order valence-corrected chi connectivity index (χ0v) is 14.0. The maximum Gasteiger partial charge on any atom is 0.417 e. The first-order valence-corrected chi connectivity index (χ1v) is 8.75. The molecule has 4 aromatic rings. The Bertz CT molecular complexity index is 1210. The molecular weight excluding hydrogens is 330 g/mol. The summed E-state index contributed by atoms with van der Waals surface area (Å²) in [4.78, 5) is 30.0. The van der Waals surface area contributed by atoms with Crippen LogP contribution in [0.4, 0.5) is 5.69 Å². The number of benzene rings is 2. The van der Waals surface area contributed by atoms with Gasteiger partial charge in [-0.3, -0.25) is 9.78 Å². The molecule has 1 aliphatic carbocycles. The molecule has 0 radical (unpaired) electrons. The predicted molar refractivity (Wildman–Crippen MR) is 99.7 cm³/mol. The van der Waals surface area contributed by atoms with Crippen LogP contribution >= 0.6 is 0 Å². The van der Waals surface area contributed by atoms with Crippen LogP contribution in [-0.4, -0.2) is 15.9 Å². The number of oxazole rings is 1. The van der Waals surface area contributed by atoms with E-state index in [1.54, 1.807) is 18.2 Å². The minimum absolute atomic E-state index is 0.178. The molecule has 26 heavy (non-hydrogen) atoms. The number of hydrogen-bond acceptors (Lipinski definition) is 3. The Morgan fingerprint density at radius 2 is 1.88 bits per heavy atom. The number of nitrogens with one attached hydrogen (secondary N) is 3. The fraction of sp³-hybridized carbons (Fsp3) is 0.200. The van der Waals surface area contributed by atoms with E-state index in [0.717, 1.165) is 23.7 Å². The lowest BCUT2D eigenvalue weighted by Crippen LogP contribution is -2.11. The van der Waals surface area contributed by atoms with Crippen molar-refractivity contribution < 1.29 is 9.21 Å². The van der Waals surface area contributed by atoms with Crippen LogP contribution in [0.15, 0.2) is 45.6 Å². The summed E-state index contributed by atoms with van der Waals surface area (Å²) in [7, 11) is 0. The number of aromatic nitrogens is 2. The fourth-order valence-electron chi connectivity index (χ4n) is 3.78. The summed E-state index contributed by atoms with van der Waals surface area (Å²) >= 11 is 0. The van der Waals surface area contributed by atoms with Gasteiger partial charge in [0.2, 0.25) is 0 Å². The summed E-state index contributed by atoms with van der Waals surface area (Å²) in [5, 5.41) is 4.02. The molecule has 6 heteroatoms. The number of amides is 1. The summed E-state index contributed by atoms with van der Waals surface area (Å²) in [5.41, 5.74) is 5.99. The highest BCUT2D eigenvalue weighted by Crippen LogP contribution is 2.30. The smallest absolute Gasteiger partial charge is 0.408 e. The second-order valence-corrected chi connectivity index (χ2v) is 6.73. The summed E-state index contributed by atoms with van der Waals surface area (Å²) < 4.78 is 4.98. The second-order valence-electron chi connectivity index (χ2n) is 6.73. The fourth-order valence-corrected chi connectivity index (χ4v) is 3.78. The monoisotopic (exact) mass is 347 g/mol. The Balaban J connectivity index is 1.48. The average Bonchev–Trinajstić information content (AvgIpc) is 3.20. The van der Waals surface area contributed by atoms with Crippen molar-refractivity contribution in [2.24, 2.45) is 0 Å². The van der Waals surface area contributed by atoms with Crippen LogP contribution < -0.4 is 11.1 Å². The summed E-state index contributed by atoms with van der Waals surface area (Å²) in [6.07, 6.45) is 4.55. The zero-order valence-electron chi connectivity index (χ0n) is 14.0. The molecule has 0 saturated carbocycles. The molecule has 5 rings (SSSR count). The molecule has 0 atom stereocenters. The maximum atomic E-state index is 12.7. The van der Waals surface area contributed by atoms with E-state index in [4.69, 9.17) is 4.42 Å². The minimum atomic E-state index is -0.508. The van der Waals surface area contributed by atoms with Crippen LogP contribution in [0.2, 0.25) is 0 Å². The molecule has 130 valence electrons. The van der Waals surface area contributed by atoms with E-state index in [2.05, 4.69) is 15.3 Å². The molecule has 0 fully saturated rings. The van der Waals surface area contributed by atoms with E-state index < -0.39 is 5.76 Å². The summed E-state index contributed by atoms with van der Waals surface area (Å²) in [5.74, 6) is -0.686. The normalized spacial score (nSPS) is 13.8.